The molecule has 0 bridgehead atoms. The lowest BCUT2D eigenvalue weighted by molar-refractivity contribution is 0.0697. The fourth-order valence-corrected chi connectivity index (χ4v) is 3.84. The molecule has 2 rings (SSSR count). The smallest absolute Gasteiger partial charge is 0.340 e. The van der Waals surface area contributed by atoms with Crippen LogP contribution in [0.4, 0.5) is 5.00 Å². The summed E-state index contributed by atoms with van der Waals surface area (Å²) in [7, 11) is -3.82. The first kappa shape index (κ1) is 14.5. The third-order valence-electron chi connectivity index (χ3n) is 2.60. The summed E-state index contributed by atoms with van der Waals surface area (Å²) in [6.07, 6.45) is 0. The maximum absolute atomic E-state index is 12.2. The molecule has 0 atom stereocenters. The molecule has 6 nitrogen and oxygen atoms in total. The van der Waals surface area contributed by atoms with E-state index in [-0.39, 0.29) is 21.2 Å². The van der Waals surface area contributed by atoms with Crippen molar-refractivity contribution < 1.29 is 18.3 Å². The number of anilines is 1. The molecule has 0 amide bonds. The summed E-state index contributed by atoms with van der Waals surface area (Å²) in [5, 5.41) is 9.09. The van der Waals surface area contributed by atoms with Gasteiger partial charge in [0.05, 0.1) is 10.6 Å². The van der Waals surface area contributed by atoms with Crippen molar-refractivity contribution in [1.29, 1.82) is 0 Å². The van der Waals surface area contributed by atoms with Crippen LogP contribution in [0.5, 0.6) is 0 Å². The third-order valence-corrected chi connectivity index (χ3v) is 4.93. The van der Waals surface area contributed by atoms with Crippen molar-refractivity contribution in [3.8, 4) is 0 Å². The standard InChI is InChI=1S/C12H12N2O4S2/c1-7-4-3-5-9(6-7)20(17,18)14-11-10(12(15)16)8(2)13-19-11/h3-6,14H,1-2H3,(H,15,16). The number of nitrogens with zero attached hydrogens (tertiary/aromatic N) is 1. The summed E-state index contributed by atoms with van der Waals surface area (Å²) >= 11 is 0.809. The Bertz CT molecular complexity index is 766. The predicted molar refractivity (Wildman–Crippen MR) is 75.8 cm³/mol. The van der Waals surface area contributed by atoms with Gasteiger partial charge in [-0.25, -0.2) is 13.2 Å². The average molecular weight is 312 g/mol. The number of rotatable bonds is 4. The zero-order chi connectivity index (χ0) is 14.9. The summed E-state index contributed by atoms with van der Waals surface area (Å²) in [4.78, 5) is 11.2. The van der Waals surface area contributed by atoms with E-state index in [1.807, 2.05) is 0 Å². The van der Waals surface area contributed by atoms with Gasteiger partial charge in [-0.2, -0.15) is 4.37 Å². The summed E-state index contributed by atoms with van der Waals surface area (Å²) in [5.41, 5.74) is 0.961. The Hall–Kier alpha value is -1.93. The van der Waals surface area contributed by atoms with Crippen molar-refractivity contribution in [2.24, 2.45) is 0 Å². The van der Waals surface area contributed by atoms with E-state index in [4.69, 9.17) is 5.11 Å². The van der Waals surface area contributed by atoms with E-state index in [9.17, 15) is 13.2 Å². The number of aryl methyl sites for hydroxylation is 2. The van der Waals surface area contributed by atoms with Crippen molar-refractivity contribution >= 4 is 32.5 Å². The molecular weight excluding hydrogens is 300 g/mol. The van der Waals surface area contributed by atoms with E-state index >= 15 is 0 Å². The average Bonchev–Trinajstić information content (AvgIpc) is 2.69. The highest BCUT2D eigenvalue weighted by Gasteiger charge is 2.22. The van der Waals surface area contributed by atoms with Gasteiger partial charge >= 0.3 is 5.97 Å². The van der Waals surface area contributed by atoms with Gasteiger partial charge in [0.25, 0.3) is 10.0 Å². The highest BCUT2D eigenvalue weighted by Crippen LogP contribution is 2.27. The van der Waals surface area contributed by atoms with Gasteiger partial charge in [-0.05, 0) is 43.1 Å². The molecule has 0 fully saturated rings. The van der Waals surface area contributed by atoms with Crippen molar-refractivity contribution in [3.05, 3.63) is 41.1 Å². The molecule has 0 spiro atoms. The lowest BCUT2D eigenvalue weighted by Crippen LogP contribution is -2.14. The summed E-state index contributed by atoms with van der Waals surface area (Å²) in [5.74, 6) is -1.21. The molecule has 0 saturated heterocycles. The maximum atomic E-state index is 12.2. The van der Waals surface area contributed by atoms with Crippen LogP contribution in [0.15, 0.2) is 29.2 Å². The van der Waals surface area contributed by atoms with Crippen molar-refractivity contribution in [3.63, 3.8) is 0 Å². The number of carbonyl (C=O) groups is 1. The number of hydrogen-bond acceptors (Lipinski definition) is 5. The van der Waals surface area contributed by atoms with Crippen molar-refractivity contribution in [2.45, 2.75) is 18.7 Å². The third kappa shape index (κ3) is 2.81. The second-order valence-electron chi connectivity index (χ2n) is 4.20. The van der Waals surface area contributed by atoms with Gasteiger partial charge in [-0.3, -0.25) is 4.72 Å². The number of carboxylic acids is 1. The molecule has 0 aliphatic carbocycles. The molecule has 8 heteroatoms. The van der Waals surface area contributed by atoms with E-state index in [1.165, 1.54) is 19.1 Å². The second kappa shape index (κ2) is 5.22. The molecule has 0 aliphatic rings. The second-order valence-corrected chi connectivity index (χ2v) is 6.66. The first-order valence-electron chi connectivity index (χ1n) is 5.60. The van der Waals surface area contributed by atoms with Crippen LogP contribution < -0.4 is 4.72 Å². The highest BCUT2D eigenvalue weighted by molar-refractivity contribution is 7.93. The lowest BCUT2D eigenvalue weighted by atomic mass is 10.2. The van der Waals surface area contributed by atoms with Gasteiger partial charge in [-0.1, -0.05) is 12.1 Å². The quantitative estimate of drug-likeness (QED) is 0.902. The number of nitrogens with one attached hydrogen (secondary N) is 1. The molecule has 0 radical (unpaired) electrons. The zero-order valence-electron chi connectivity index (χ0n) is 10.7. The minimum Gasteiger partial charge on any atom is -0.478 e. The van der Waals surface area contributed by atoms with Crippen LogP contribution in [0.25, 0.3) is 0 Å². The Morgan fingerprint density at radius 1 is 1.35 bits per heavy atom. The molecule has 1 aromatic carbocycles. The minimum atomic E-state index is -3.82. The van der Waals surface area contributed by atoms with Gasteiger partial charge in [0, 0.05) is 0 Å². The molecule has 0 aliphatic heterocycles. The van der Waals surface area contributed by atoms with Crippen LogP contribution in [0.1, 0.15) is 21.6 Å². The number of benzene rings is 1. The van der Waals surface area contributed by atoms with Gasteiger partial charge in [0.15, 0.2) is 0 Å². The van der Waals surface area contributed by atoms with Gasteiger partial charge in [0.1, 0.15) is 10.6 Å². The Morgan fingerprint density at radius 3 is 2.65 bits per heavy atom. The molecule has 2 aromatic rings. The molecule has 2 N–H and O–H groups in total. The van der Waals surface area contributed by atoms with Gasteiger partial charge in [-0.15, -0.1) is 0 Å². The van der Waals surface area contributed by atoms with Crippen LogP contribution in [0.3, 0.4) is 0 Å². The number of carboxylic acid groups (broad SMARTS) is 1. The normalized spacial score (nSPS) is 11.3. The van der Waals surface area contributed by atoms with Gasteiger partial charge < -0.3 is 5.11 Å². The highest BCUT2D eigenvalue weighted by atomic mass is 32.2. The molecule has 1 heterocycles. The minimum absolute atomic E-state index is 0.0107. The number of aromatic nitrogens is 1. The van der Waals surface area contributed by atoms with Gasteiger partial charge in [0.2, 0.25) is 0 Å². The van der Waals surface area contributed by atoms with Crippen molar-refractivity contribution in [1.82, 2.24) is 4.37 Å². The van der Waals surface area contributed by atoms with Crippen molar-refractivity contribution in [2.75, 3.05) is 4.72 Å². The summed E-state index contributed by atoms with van der Waals surface area (Å²) in [6.45, 7) is 3.29. The number of aromatic carboxylic acids is 1. The summed E-state index contributed by atoms with van der Waals surface area (Å²) in [6, 6.07) is 6.36. The Labute approximate surface area is 120 Å². The largest absolute Gasteiger partial charge is 0.478 e. The van der Waals surface area contributed by atoms with E-state index in [0.29, 0.717) is 0 Å². The van der Waals surface area contributed by atoms with Crippen LogP contribution in [-0.2, 0) is 10.0 Å². The fourth-order valence-electron chi connectivity index (χ4n) is 1.65. The molecule has 106 valence electrons. The van der Waals surface area contributed by atoms with Crippen LogP contribution in [0, 0.1) is 13.8 Å². The van der Waals surface area contributed by atoms with E-state index in [0.717, 1.165) is 17.1 Å². The van der Waals surface area contributed by atoms with E-state index in [1.54, 1.807) is 19.1 Å². The van der Waals surface area contributed by atoms with E-state index in [2.05, 4.69) is 9.10 Å². The zero-order valence-corrected chi connectivity index (χ0v) is 12.4. The van der Waals surface area contributed by atoms with Crippen LogP contribution in [0.2, 0.25) is 0 Å². The lowest BCUT2D eigenvalue weighted by Gasteiger charge is -2.07. The Kier molecular flexibility index (Phi) is 3.78. The first-order chi connectivity index (χ1) is 9.31. The Morgan fingerprint density at radius 2 is 2.05 bits per heavy atom. The SMILES string of the molecule is Cc1cccc(S(=O)(=O)Nc2snc(C)c2C(=O)O)c1. The molecule has 20 heavy (non-hydrogen) atoms. The maximum Gasteiger partial charge on any atom is 0.340 e. The first-order valence-corrected chi connectivity index (χ1v) is 7.86. The molecular formula is C12H12N2O4S2. The molecule has 0 unspecified atom stereocenters. The summed E-state index contributed by atoms with van der Waals surface area (Å²) < 4.78 is 30.6. The molecule has 1 aromatic heterocycles. The Balaban J connectivity index is 2.41. The predicted octanol–water partition coefficient (Wildman–Crippen LogP) is 2.26. The fraction of sp³-hybridized carbons (Fsp3) is 0.167. The van der Waals surface area contributed by atoms with Crippen LogP contribution >= 0.6 is 11.5 Å². The van der Waals surface area contributed by atoms with E-state index < -0.39 is 16.0 Å². The topological polar surface area (TPSA) is 96.4 Å². The molecule has 0 saturated carbocycles. The number of hydrogen-bond donors (Lipinski definition) is 2. The van der Waals surface area contributed by atoms with Crippen LogP contribution in [-0.4, -0.2) is 23.9 Å². The monoisotopic (exact) mass is 312 g/mol. The number of sulfonamides is 1.